The van der Waals surface area contributed by atoms with E-state index in [1.54, 1.807) is 18.3 Å². The number of hydrogen-bond acceptors (Lipinski definition) is 2. The van der Waals surface area contributed by atoms with Crippen LogP contribution in [0.2, 0.25) is 0 Å². The molecule has 0 bridgehead atoms. The molecule has 5 heteroatoms. The van der Waals surface area contributed by atoms with Crippen LogP contribution in [-0.4, -0.2) is 15.3 Å². The highest BCUT2D eigenvalue weighted by molar-refractivity contribution is 9.10. The summed E-state index contributed by atoms with van der Waals surface area (Å²) in [5.41, 5.74) is 0.124. The van der Waals surface area contributed by atoms with E-state index in [-0.39, 0.29) is 17.8 Å². The Labute approximate surface area is 113 Å². The molecule has 0 spiro atoms. The topological polar surface area (TPSA) is 34.9 Å². The van der Waals surface area contributed by atoms with Crippen LogP contribution in [0.5, 0.6) is 0 Å². The second-order valence-electron chi connectivity index (χ2n) is 3.98. The van der Waals surface area contributed by atoms with Gasteiger partial charge in [-0.15, -0.1) is 0 Å². The minimum absolute atomic E-state index is 0.124. The SMILES string of the molecule is Cn1ccnc1CCC(=O)c1cccc(Br)c1F. The summed E-state index contributed by atoms with van der Waals surface area (Å²) in [6, 6.07) is 4.73. The monoisotopic (exact) mass is 310 g/mol. The Morgan fingerprint density at radius 3 is 2.94 bits per heavy atom. The molecule has 1 aromatic heterocycles. The van der Waals surface area contributed by atoms with Crippen LogP contribution in [0.4, 0.5) is 4.39 Å². The van der Waals surface area contributed by atoms with E-state index >= 15 is 0 Å². The largest absolute Gasteiger partial charge is 0.338 e. The van der Waals surface area contributed by atoms with Gasteiger partial charge < -0.3 is 4.57 Å². The van der Waals surface area contributed by atoms with Crippen molar-refractivity contribution in [1.82, 2.24) is 9.55 Å². The average Bonchev–Trinajstić information content (AvgIpc) is 2.75. The average molecular weight is 311 g/mol. The lowest BCUT2D eigenvalue weighted by molar-refractivity contribution is 0.0978. The first-order chi connectivity index (χ1) is 8.59. The molecule has 18 heavy (non-hydrogen) atoms. The van der Waals surface area contributed by atoms with Crippen LogP contribution < -0.4 is 0 Å². The van der Waals surface area contributed by atoms with E-state index in [1.807, 2.05) is 17.8 Å². The first kappa shape index (κ1) is 13.0. The maximum absolute atomic E-state index is 13.7. The van der Waals surface area contributed by atoms with Gasteiger partial charge in [0.2, 0.25) is 0 Å². The molecule has 0 fully saturated rings. The molecule has 0 unspecified atom stereocenters. The second-order valence-corrected chi connectivity index (χ2v) is 4.83. The van der Waals surface area contributed by atoms with Gasteiger partial charge in [-0.05, 0) is 28.1 Å². The number of aromatic nitrogens is 2. The zero-order valence-corrected chi connectivity index (χ0v) is 11.4. The number of carbonyl (C=O) groups excluding carboxylic acids is 1. The van der Waals surface area contributed by atoms with E-state index in [0.29, 0.717) is 10.9 Å². The van der Waals surface area contributed by atoms with Crippen LogP contribution in [-0.2, 0) is 13.5 Å². The minimum Gasteiger partial charge on any atom is -0.338 e. The van der Waals surface area contributed by atoms with Gasteiger partial charge in [0.15, 0.2) is 5.78 Å². The molecule has 0 saturated carbocycles. The molecular formula is C13H12BrFN2O. The smallest absolute Gasteiger partial charge is 0.166 e. The molecule has 0 saturated heterocycles. The van der Waals surface area contributed by atoms with Gasteiger partial charge in [-0.1, -0.05) is 6.07 Å². The Bertz CT molecular complexity index is 580. The number of benzene rings is 1. The third kappa shape index (κ3) is 2.67. The van der Waals surface area contributed by atoms with E-state index in [9.17, 15) is 9.18 Å². The summed E-state index contributed by atoms with van der Waals surface area (Å²) in [4.78, 5) is 16.1. The van der Waals surface area contributed by atoms with E-state index in [1.165, 1.54) is 6.07 Å². The molecule has 0 aliphatic carbocycles. The summed E-state index contributed by atoms with van der Waals surface area (Å²) in [6.45, 7) is 0. The zero-order chi connectivity index (χ0) is 13.1. The lowest BCUT2D eigenvalue weighted by atomic mass is 10.1. The van der Waals surface area contributed by atoms with Gasteiger partial charge in [0.25, 0.3) is 0 Å². The van der Waals surface area contributed by atoms with Gasteiger partial charge in [0.05, 0.1) is 10.0 Å². The normalized spacial score (nSPS) is 10.6. The summed E-state index contributed by atoms with van der Waals surface area (Å²) in [5, 5.41) is 0. The van der Waals surface area contributed by atoms with Crippen LogP contribution in [0, 0.1) is 5.82 Å². The van der Waals surface area contributed by atoms with Crippen LogP contribution in [0.3, 0.4) is 0 Å². The van der Waals surface area contributed by atoms with Crippen LogP contribution in [0.15, 0.2) is 35.1 Å². The fourth-order valence-corrected chi connectivity index (χ4v) is 2.08. The fourth-order valence-electron chi connectivity index (χ4n) is 1.72. The van der Waals surface area contributed by atoms with Crippen LogP contribution in [0.25, 0.3) is 0 Å². The Hall–Kier alpha value is -1.49. The van der Waals surface area contributed by atoms with Crippen molar-refractivity contribution in [2.45, 2.75) is 12.8 Å². The first-order valence-electron chi connectivity index (χ1n) is 5.53. The third-order valence-electron chi connectivity index (χ3n) is 2.75. The number of nitrogens with zero attached hydrogens (tertiary/aromatic N) is 2. The van der Waals surface area contributed by atoms with Crippen molar-refractivity contribution in [3.8, 4) is 0 Å². The Balaban J connectivity index is 2.09. The van der Waals surface area contributed by atoms with Crippen molar-refractivity contribution in [2.24, 2.45) is 7.05 Å². The van der Waals surface area contributed by atoms with Crippen LogP contribution in [0.1, 0.15) is 22.6 Å². The summed E-state index contributed by atoms with van der Waals surface area (Å²) in [7, 11) is 1.87. The quantitative estimate of drug-likeness (QED) is 0.813. The Kier molecular flexibility index (Phi) is 3.91. The molecule has 0 N–H and O–H groups in total. The number of ketones is 1. The molecule has 0 aliphatic rings. The number of imidazole rings is 1. The number of halogens is 2. The highest BCUT2D eigenvalue weighted by Crippen LogP contribution is 2.20. The third-order valence-corrected chi connectivity index (χ3v) is 3.36. The molecule has 2 rings (SSSR count). The van der Waals surface area contributed by atoms with Gasteiger partial charge in [0, 0.05) is 32.3 Å². The summed E-state index contributed by atoms with van der Waals surface area (Å²) in [6.07, 6.45) is 4.26. The molecule has 0 aliphatic heterocycles. The van der Waals surface area contributed by atoms with Crippen molar-refractivity contribution in [3.05, 3.63) is 52.3 Å². The van der Waals surface area contributed by atoms with Crippen molar-refractivity contribution < 1.29 is 9.18 Å². The van der Waals surface area contributed by atoms with Crippen LogP contribution >= 0.6 is 15.9 Å². The van der Waals surface area contributed by atoms with E-state index in [2.05, 4.69) is 20.9 Å². The Morgan fingerprint density at radius 2 is 2.28 bits per heavy atom. The minimum atomic E-state index is -0.498. The van der Waals surface area contributed by atoms with Gasteiger partial charge in [-0.25, -0.2) is 9.37 Å². The molecule has 1 heterocycles. The number of carbonyl (C=O) groups is 1. The number of hydrogen-bond donors (Lipinski definition) is 0. The molecule has 0 amide bonds. The first-order valence-corrected chi connectivity index (χ1v) is 6.32. The number of aryl methyl sites for hydroxylation is 2. The highest BCUT2D eigenvalue weighted by atomic mass is 79.9. The van der Waals surface area contributed by atoms with Gasteiger partial charge in [-0.3, -0.25) is 4.79 Å². The van der Waals surface area contributed by atoms with Crippen molar-refractivity contribution in [1.29, 1.82) is 0 Å². The fraction of sp³-hybridized carbons (Fsp3) is 0.231. The molecule has 94 valence electrons. The van der Waals surface area contributed by atoms with Crippen molar-refractivity contribution in [3.63, 3.8) is 0 Å². The molecule has 2 aromatic rings. The number of rotatable bonds is 4. The van der Waals surface area contributed by atoms with E-state index in [4.69, 9.17) is 0 Å². The Morgan fingerprint density at radius 1 is 1.50 bits per heavy atom. The van der Waals surface area contributed by atoms with Crippen molar-refractivity contribution in [2.75, 3.05) is 0 Å². The van der Waals surface area contributed by atoms with E-state index in [0.717, 1.165) is 5.82 Å². The zero-order valence-electron chi connectivity index (χ0n) is 9.86. The summed E-state index contributed by atoms with van der Waals surface area (Å²) < 4.78 is 15.9. The van der Waals surface area contributed by atoms with Gasteiger partial charge in [0.1, 0.15) is 11.6 Å². The maximum Gasteiger partial charge on any atom is 0.166 e. The van der Waals surface area contributed by atoms with Gasteiger partial charge in [-0.2, -0.15) is 0 Å². The second kappa shape index (κ2) is 5.44. The predicted molar refractivity (Wildman–Crippen MR) is 70.0 cm³/mol. The molecule has 3 nitrogen and oxygen atoms in total. The maximum atomic E-state index is 13.7. The molecule has 1 aromatic carbocycles. The summed E-state index contributed by atoms with van der Waals surface area (Å²) >= 11 is 3.07. The van der Waals surface area contributed by atoms with E-state index < -0.39 is 5.82 Å². The standard InChI is InChI=1S/C13H12BrFN2O/c1-17-8-7-16-12(17)6-5-11(18)9-3-2-4-10(14)13(9)15/h2-4,7-8H,5-6H2,1H3. The predicted octanol–water partition coefficient (Wildman–Crippen LogP) is 3.14. The van der Waals surface area contributed by atoms with Crippen molar-refractivity contribution >= 4 is 21.7 Å². The summed E-state index contributed by atoms with van der Waals surface area (Å²) in [5.74, 6) is 0.109. The molecular weight excluding hydrogens is 299 g/mol. The van der Waals surface area contributed by atoms with Gasteiger partial charge >= 0.3 is 0 Å². The lowest BCUT2D eigenvalue weighted by Gasteiger charge is -2.04. The molecule has 0 atom stereocenters. The highest BCUT2D eigenvalue weighted by Gasteiger charge is 2.14. The lowest BCUT2D eigenvalue weighted by Crippen LogP contribution is -2.07. The molecule has 0 radical (unpaired) electrons. The number of Topliss-reactive ketones (excluding diaryl/α,β-unsaturated/α-hetero) is 1.